The maximum absolute atomic E-state index is 12.1. The van der Waals surface area contributed by atoms with Crippen LogP contribution < -0.4 is 4.72 Å². The van der Waals surface area contributed by atoms with E-state index >= 15 is 0 Å². The quantitative estimate of drug-likeness (QED) is 0.830. The van der Waals surface area contributed by atoms with Crippen LogP contribution >= 0.6 is 11.6 Å². The van der Waals surface area contributed by atoms with Gasteiger partial charge in [-0.3, -0.25) is 4.72 Å². The molecule has 104 valence electrons. The Kier molecular flexibility index (Phi) is 3.86. The van der Waals surface area contributed by atoms with Crippen LogP contribution in [-0.2, 0) is 10.0 Å². The van der Waals surface area contributed by atoms with Gasteiger partial charge in [-0.2, -0.15) is 0 Å². The molecule has 9 heteroatoms. The summed E-state index contributed by atoms with van der Waals surface area (Å²) in [5.41, 5.74) is -0.268. The summed E-state index contributed by atoms with van der Waals surface area (Å²) in [5, 5.41) is 8.76. The van der Waals surface area contributed by atoms with Gasteiger partial charge in [0, 0.05) is 12.4 Å². The molecule has 0 bridgehead atoms. The number of carbonyl (C=O) groups is 1. The molecule has 0 aliphatic heterocycles. The van der Waals surface area contributed by atoms with Crippen LogP contribution in [0.3, 0.4) is 0 Å². The number of aromatic carboxylic acids is 1. The Bertz CT molecular complexity index is 764. The van der Waals surface area contributed by atoms with Crippen LogP contribution in [-0.4, -0.2) is 29.5 Å². The zero-order chi connectivity index (χ0) is 14.8. The fraction of sp³-hybridized carbons (Fsp3) is 0. The van der Waals surface area contributed by atoms with Gasteiger partial charge in [-0.15, -0.1) is 0 Å². The van der Waals surface area contributed by atoms with Crippen LogP contribution in [0, 0.1) is 0 Å². The van der Waals surface area contributed by atoms with Gasteiger partial charge < -0.3 is 5.11 Å². The molecule has 2 aromatic rings. The minimum Gasteiger partial charge on any atom is -0.478 e. The molecule has 0 saturated carbocycles. The maximum Gasteiger partial charge on any atom is 0.339 e. The number of carboxylic acids is 1. The third-order valence-corrected chi connectivity index (χ3v) is 4.07. The van der Waals surface area contributed by atoms with Gasteiger partial charge in [0.15, 0.2) is 5.82 Å². The van der Waals surface area contributed by atoms with E-state index in [2.05, 4.69) is 14.7 Å². The number of nitrogens with one attached hydrogen (secondary N) is 1. The molecular weight excluding hydrogens is 306 g/mol. The number of halogens is 1. The van der Waals surface area contributed by atoms with Crippen molar-refractivity contribution in [3.8, 4) is 0 Å². The summed E-state index contributed by atoms with van der Waals surface area (Å²) in [6, 6.07) is 5.27. The van der Waals surface area contributed by atoms with Gasteiger partial charge in [0.05, 0.1) is 0 Å². The first-order valence-corrected chi connectivity index (χ1v) is 7.09. The van der Waals surface area contributed by atoms with E-state index in [0.717, 1.165) is 0 Å². The van der Waals surface area contributed by atoms with Crippen molar-refractivity contribution < 1.29 is 18.3 Å². The van der Waals surface area contributed by atoms with E-state index in [1.54, 1.807) is 0 Å². The average molecular weight is 314 g/mol. The Morgan fingerprint density at radius 1 is 1.20 bits per heavy atom. The lowest BCUT2D eigenvalue weighted by Gasteiger charge is -2.09. The normalized spacial score (nSPS) is 11.1. The number of aromatic nitrogens is 2. The van der Waals surface area contributed by atoms with Crippen molar-refractivity contribution in [3.05, 3.63) is 47.4 Å². The summed E-state index contributed by atoms with van der Waals surface area (Å²) in [4.78, 5) is 18.1. The number of pyridine rings is 2. The van der Waals surface area contributed by atoms with Gasteiger partial charge in [-0.05, 0) is 24.3 Å². The molecule has 0 amide bonds. The first-order valence-electron chi connectivity index (χ1n) is 5.23. The highest BCUT2D eigenvalue weighted by molar-refractivity contribution is 7.92. The maximum atomic E-state index is 12.1. The predicted octanol–water partition coefficient (Wildman–Crippen LogP) is 1.63. The van der Waals surface area contributed by atoms with Crippen molar-refractivity contribution in [1.29, 1.82) is 0 Å². The van der Waals surface area contributed by atoms with E-state index < -0.39 is 16.0 Å². The number of nitrogens with zero attached hydrogens (tertiary/aromatic N) is 2. The van der Waals surface area contributed by atoms with E-state index in [9.17, 15) is 13.2 Å². The van der Waals surface area contributed by atoms with Gasteiger partial charge in [-0.1, -0.05) is 11.6 Å². The predicted molar refractivity (Wildman–Crippen MR) is 71.3 cm³/mol. The highest BCUT2D eigenvalue weighted by atomic mass is 35.5. The molecule has 0 atom stereocenters. The van der Waals surface area contributed by atoms with Crippen molar-refractivity contribution in [2.45, 2.75) is 4.90 Å². The summed E-state index contributed by atoms with van der Waals surface area (Å²) < 4.78 is 26.3. The minimum absolute atomic E-state index is 0.215. The number of hydrogen-bond donors (Lipinski definition) is 2. The van der Waals surface area contributed by atoms with Crippen LogP contribution in [0.2, 0.25) is 5.15 Å². The summed E-state index contributed by atoms with van der Waals surface area (Å²) in [6.07, 6.45) is 2.61. The Balaban J connectivity index is 2.45. The number of anilines is 1. The third kappa shape index (κ3) is 2.86. The molecule has 2 rings (SSSR count). The number of carboxylic acid groups (broad SMARTS) is 1. The highest BCUT2D eigenvalue weighted by Gasteiger charge is 2.22. The lowest BCUT2D eigenvalue weighted by atomic mass is 10.3. The first kappa shape index (κ1) is 14.2. The van der Waals surface area contributed by atoms with Gasteiger partial charge in [0.1, 0.15) is 15.6 Å². The molecule has 0 spiro atoms. The molecule has 0 aliphatic carbocycles. The number of sulfonamides is 1. The number of hydrogen-bond acceptors (Lipinski definition) is 5. The lowest BCUT2D eigenvalue weighted by molar-refractivity contribution is 0.0697. The second kappa shape index (κ2) is 5.43. The Morgan fingerprint density at radius 3 is 2.50 bits per heavy atom. The molecule has 2 N–H and O–H groups in total. The molecule has 20 heavy (non-hydrogen) atoms. The summed E-state index contributed by atoms with van der Waals surface area (Å²) in [6.45, 7) is 0. The second-order valence-electron chi connectivity index (χ2n) is 3.60. The molecule has 7 nitrogen and oxygen atoms in total. The van der Waals surface area contributed by atoms with Crippen LogP contribution in [0.15, 0.2) is 41.6 Å². The molecule has 0 radical (unpaired) electrons. The molecule has 0 aromatic carbocycles. The topological polar surface area (TPSA) is 109 Å². The minimum atomic E-state index is -4.07. The molecule has 2 heterocycles. The monoisotopic (exact) mass is 313 g/mol. The van der Waals surface area contributed by atoms with E-state index in [1.807, 2.05) is 0 Å². The third-order valence-electron chi connectivity index (χ3n) is 2.28. The molecule has 2 aromatic heterocycles. The summed E-state index contributed by atoms with van der Waals surface area (Å²) in [7, 11) is -4.07. The summed E-state index contributed by atoms with van der Waals surface area (Å²) in [5.74, 6) is -1.59. The SMILES string of the molecule is O=C(O)c1cccnc1NS(=O)(=O)c1cccnc1Cl. The highest BCUT2D eigenvalue weighted by Crippen LogP contribution is 2.22. The van der Waals surface area contributed by atoms with Crippen molar-refractivity contribution >= 4 is 33.4 Å². The van der Waals surface area contributed by atoms with Crippen molar-refractivity contribution in [3.63, 3.8) is 0 Å². The van der Waals surface area contributed by atoms with Crippen LogP contribution in [0.1, 0.15) is 10.4 Å². The molecule has 0 aliphatic rings. The Morgan fingerprint density at radius 2 is 1.85 bits per heavy atom. The Labute approximate surface area is 119 Å². The van der Waals surface area contributed by atoms with Crippen LogP contribution in [0.5, 0.6) is 0 Å². The van der Waals surface area contributed by atoms with Gasteiger partial charge in [0.2, 0.25) is 0 Å². The molecular formula is C11H8ClN3O4S. The number of rotatable bonds is 4. The van der Waals surface area contributed by atoms with E-state index in [-0.39, 0.29) is 21.4 Å². The molecule has 0 fully saturated rings. The fourth-order valence-electron chi connectivity index (χ4n) is 1.41. The van der Waals surface area contributed by atoms with Crippen molar-refractivity contribution in [1.82, 2.24) is 9.97 Å². The first-order chi connectivity index (χ1) is 9.42. The largest absolute Gasteiger partial charge is 0.478 e. The van der Waals surface area contributed by atoms with Crippen molar-refractivity contribution in [2.24, 2.45) is 0 Å². The summed E-state index contributed by atoms with van der Waals surface area (Å²) >= 11 is 5.71. The zero-order valence-electron chi connectivity index (χ0n) is 9.82. The average Bonchev–Trinajstić information content (AvgIpc) is 2.39. The zero-order valence-corrected chi connectivity index (χ0v) is 11.4. The fourth-order valence-corrected chi connectivity index (χ4v) is 2.90. The van der Waals surface area contributed by atoms with E-state index in [4.69, 9.17) is 16.7 Å². The standard InChI is InChI=1S/C11H8ClN3O4S/c12-9-8(4-2-5-13-9)20(18,19)15-10-7(11(16)17)3-1-6-14-10/h1-6H,(H,14,15)(H,16,17). The Hall–Kier alpha value is -2.19. The van der Waals surface area contributed by atoms with Gasteiger partial charge >= 0.3 is 5.97 Å². The smallest absolute Gasteiger partial charge is 0.339 e. The van der Waals surface area contributed by atoms with Crippen LogP contribution in [0.25, 0.3) is 0 Å². The molecule has 0 unspecified atom stereocenters. The second-order valence-corrected chi connectivity index (χ2v) is 5.61. The van der Waals surface area contributed by atoms with Crippen LogP contribution in [0.4, 0.5) is 5.82 Å². The van der Waals surface area contributed by atoms with Crippen molar-refractivity contribution in [2.75, 3.05) is 4.72 Å². The van der Waals surface area contributed by atoms with Gasteiger partial charge in [0.25, 0.3) is 10.0 Å². The van der Waals surface area contributed by atoms with E-state index in [1.165, 1.54) is 36.7 Å². The van der Waals surface area contributed by atoms with E-state index in [0.29, 0.717) is 0 Å². The lowest BCUT2D eigenvalue weighted by Crippen LogP contribution is -2.17. The van der Waals surface area contributed by atoms with Gasteiger partial charge in [-0.25, -0.2) is 23.2 Å². The molecule has 0 saturated heterocycles.